The molecule has 7 N–H and O–H groups in total. The minimum Gasteiger partial charge on any atom is -0.508 e. The second kappa shape index (κ2) is 44.9. The van der Waals surface area contributed by atoms with E-state index in [1.54, 1.807) is 127 Å². The van der Waals surface area contributed by atoms with Gasteiger partial charge in [-0.05, 0) is 134 Å². The van der Waals surface area contributed by atoms with E-state index in [1.165, 1.54) is 0 Å². The van der Waals surface area contributed by atoms with Gasteiger partial charge in [0, 0.05) is 245 Å². The van der Waals surface area contributed by atoms with E-state index in [1.807, 2.05) is 231 Å². The van der Waals surface area contributed by atoms with E-state index in [4.69, 9.17) is 54.1 Å². The summed E-state index contributed by atoms with van der Waals surface area (Å²) >= 11 is 0. The number of rotatable bonds is 33. The standard InChI is InChI=1S/C31H39F3N6O2.C25H27F3N6O2.C24H28N6O2.C21H22N6O2/c1-29(2,3)41-24-13-23(14-25(16-24)42-30(4,5)6)40(12-8-11-35-20-31(32,33)34)22-9-10-26-27(15-22)38-28(18-36-26)21-17-37-39(7)19-21;1-16(11-29-15-25(26,27)28)34(19-7-20(35-3)10-21(8-19)36-4)18-5-6-22-23(9-18)32-24(13-30-22)17-12-31-33(2)14-17;1-16(2)25-7-8-30(19-9-20(31)12-21(10-19)32-4)18-5-6-22-23(11-18)28-24(14-26-22)17-13-27-29(3)15-17;1-26-13-14(11-24-26)21-12-23-19-4-3-15(9-20(19)25-21)27(6-5-22)16-7-17(28)10-18(8-16)29-2/h9-10,13-19,35H,8,11-12,20H2,1-7H3;5-10,12-14,16,29H,11,15H2,1-4H3;5-6,9-16,25,31H,7-8H2,1-4H3;3-4,7-13,28H,5-6,22H2,1-2H3. The summed E-state index contributed by atoms with van der Waals surface area (Å²) in [5.41, 5.74) is 23.7. The molecule has 8 aromatic heterocycles. The largest absolute Gasteiger partial charge is 0.508 e. The van der Waals surface area contributed by atoms with E-state index in [-0.39, 0.29) is 30.6 Å². The Bertz CT molecular complexity index is 6780. The first-order chi connectivity index (χ1) is 66.2. The van der Waals surface area contributed by atoms with Crippen LogP contribution < -0.4 is 69.7 Å². The van der Waals surface area contributed by atoms with Crippen molar-refractivity contribution in [1.82, 2.24) is 94.9 Å². The van der Waals surface area contributed by atoms with Crippen molar-refractivity contribution in [2.75, 3.05) is 107 Å². The highest BCUT2D eigenvalue weighted by Crippen LogP contribution is 2.42. The van der Waals surface area contributed by atoms with Crippen LogP contribution in [0.5, 0.6) is 46.0 Å². The maximum absolute atomic E-state index is 12.8. The quantitative estimate of drug-likeness (QED) is 0.0164. The van der Waals surface area contributed by atoms with Gasteiger partial charge in [-0.2, -0.15) is 46.7 Å². The third-order valence-electron chi connectivity index (χ3n) is 21.3. The zero-order chi connectivity index (χ0) is 99.6. The molecule has 38 heteroatoms. The van der Waals surface area contributed by atoms with Gasteiger partial charge in [-0.1, -0.05) is 13.8 Å². The predicted octanol–water partition coefficient (Wildman–Crippen LogP) is 18.5. The molecule has 16 aromatic rings. The van der Waals surface area contributed by atoms with E-state index in [2.05, 4.69) is 75.0 Å². The van der Waals surface area contributed by atoms with Crippen LogP contribution >= 0.6 is 0 Å². The number of hydrogen-bond acceptors (Lipinski definition) is 28. The Hall–Kier alpha value is -15.0. The fraction of sp³-hybridized carbons (Fsp3) is 0.327. The Morgan fingerprint density at radius 2 is 0.691 bits per heavy atom. The van der Waals surface area contributed by atoms with Crippen molar-refractivity contribution in [1.29, 1.82) is 0 Å². The number of aryl methyl sites for hydroxylation is 4. The van der Waals surface area contributed by atoms with Crippen molar-refractivity contribution in [2.24, 2.45) is 33.9 Å². The van der Waals surface area contributed by atoms with Gasteiger partial charge in [0.1, 0.15) is 57.2 Å². The van der Waals surface area contributed by atoms with Gasteiger partial charge in [0.25, 0.3) is 0 Å². The van der Waals surface area contributed by atoms with Gasteiger partial charge in [-0.15, -0.1) is 0 Å². The molecule has 0 aliphatic rings. The topological polar surface area (TPSA) is 345 Å². The fourth-order valence-electron chi connectivity index (χ4n) is 15.2. The lowest BCUT2D eigenvalue weighted by atomic mass is 10.1. The van der Waals surface area contributed by atoms with Gasteiger partial charge in [0.05, 0.1) is 158 Å². The SMILES string of the molecule is COc1cc(O)cc(N(CCN)c2ccc3ncc(-c4cnn(C)c4)nc3c2)c1.COc1cc(O)cc(N(CCNC(C)C)c2ccc3ncc(-c4cnn(C)c4)nc3c2)c1.COc1cc(OC)cc(N(c2ccc3ncc(-c4cnn(C)c4)nc3c2)C(C)CNCC(F)(F)F)c1.Cn1cc(-c2cnc3ccc(N(CCCNCC(F)(F)F)c4cc(OC(C)(C)C)cc(OC(C)(C)C)c4)cc3n2)cn1. The Morgan fingerprint density at radius 3 is 1.04 bits per heavy atom. The van der Waals surface area contributed by atoms with Crippen LogP contribution in [0.3, 0.4) is 0 Å². The van der Waals surface area contributed by atoms with Crippen LogP contribution in [0.25, 0.3) is 89.2 Å². The second-order valence-corrected chi connectivity index (χ2v) is 35.2. The Morgan fingerprint density at radius 1 is 0.367 bits per heavy atom. The van der Waals surface area contributed by atoms with Crippen molar-refractivity contribution >= 4 is 89.6 Å². The number of ether oxygens (including phenoxy) is 6. The van der Waals surface area contributed by atoms with Gasteiger partial charge in [0.2, 0.25) is 0 Å². The molecule has 0 saturated carbocycles. The lowest BCUT2D eigenvalue weighted by Crippen LogP contribution is -2.40. The number of benzene rings is 8. The maximum atomic E-state index is 12.8. The number of nitrogens with two attached hydrogens (primary N) is 1. The van der Waals surface area contributed by atoms with E-state index in [9.17, 15) is 36.6 Å². The summed E-state index contributed by atoms with van der Waals surface area (Å²) in [6, 6.07) is 44.6. The number of aromatic hydroxyl groups is 2. The van der Waals surface area contributed by atoms with Crippen molar-refractivity contribution in [3.05, 3.63) is 220 Å². The first kappa shape index (κ1) is 101. The molecule has 8 heterocycles. The number of phenolic OH excluding ortho intramolecular Hbond substituents is 2. The molecule has 16 rings (SSSR count). The van der Waals surface area contributed by atoms with E-state index < -0.39 is 36.6 Å². The average molecular weight is 1910 g/mol. The Labute approximate surface area is 801 Å². The van der Waals surface area contributed by atoms with Gasteiger partial charge < -0.3 is 79.9 Å². The molecule has 0 aliphatic carbocycles. The number of nitrogens with one attached hydrogen (secondary N) is 3. The maximum Gasteiger partial charge on any atom is 0.401 e. The minimum absolute atomic E-state index is 0.0818. The van der Waals surface area contributed by atoms with Crippen LogP contribution in [0.15, 0.2) is 220 Å². The van der Waals surface area contributed by atoms with E-state index in [0.29, 0.717) is 107 Å². The molecule has 1 unspecified atom stereocenters. The highest BCUT2D eigenvalue weighted by molar-refractivity contribution is 5.87. The molecule has 0 radical (unpaired) electrons. The molecular formula is C101H116F6N24O8. The molecule has 8 aromatic carbocycles. The smallest absolute Gasteiger partial charge is 0.401 e. The molecule has 1 atom stereocenters. The number of aromatic nitrogens is 16. The monoisotopic (exact) mass is 1910 g/mol. The molecule has 0 saturated heterocycles. The van der Waals surface area contributed by atoms with Crippen molar-refractivity contribution in [3.8, 4) is 91.0 Å². The summed E-state index contributed by atoms with van der Waals surface area (Å²) in [5, 5.41) is 45.6. The average Bonchev–Trinajstić information content (AvgIpc) is 1.49. The van der Waals surface area contributed by atoms with Crippen LogP contribution in [0, 0.1) is 0 Å². The predicted molar refractivity (Wildman–Crippen MR) is 530 cm³/mol. The number of anilines is 8. The summed E-state index contributed by atoms with van der Waals surface area (Å²) in [6.07, 6.45) is 13.3. The lowest BCUT2D eigenvalue weighted by molar-refractivity contribution is -0.125. The van der Waals surface area contributed by atoms with Crippen molar-refractivity contribution in [2.45, 2.75) is 104 Å². The van der Waals surface area contributed by atoms with Crippen molar-refractivity contribution < 1.29 is 65.0 Å². The fourth-order valence-corrected chi connectivity index (χ4v) is 15.2. The number of hydrogen-bond donors (Lipinski definition) is 6. The zero-order valence-electron chi connectivity index (χ0n) is 80.6. The molecule has 0 aliphatic heterocycles. The van der Waals surface area contributed by atoms with Crippen LogP contribution in [-0.4, -0.2) is 212 Å². The highest BCUT2D eigenvalue weighted by Gasteiger charge is 2.30. The van der Waals surface area contributed by atoms with Crippen LogP contribution in [-0.2, 0) is 28.2 Å². The molecule has 730 valence electrons. The summed E-state index contributed by atoms with van der Waals surface area (Å²) in [5.74, 6) is 3.82. The molecule has 0 bridgehead atoms. The minimum atomic E-state index is -4.30. The van der Waals surface area contributed by atoms with Gasteiger partial charge >= 0.3 is 12.4 Å². The number of nitrogens with zero attached hydrogens (tertiary/aromatic N) is 20. The van der Waals surface area contributed by atoms with Crippen molar-refractivity contribution in [3.63, 3.8) is 0 Å². The third kappa shape index (κ3) is 28.3. The normalized spacial score (nSPS) is 11.9. The number of methoxy groups -OCH3 is 4. The summed E-state index contributed by atoms with van der Waals surface area (Å²) < 4.78 is 117. The first-order valence-electron chi connectivity index (χ1n) is 44.9. The second-order valence-electron chi connectivity index (χ2n) is 35.2. The van der Waals surface area contributed by atoms with Crippen LogP contribution in [0.4, 0.5) is 71.8 Å². The van der Waals surface area contributed by atoms with Gasteiger partial charge in [0.15, 0.2) is 0 Å². The molecule has 0 amide bonds. The molecule has 0 fully saturated rings. The summed E-state index contributed by atoms with van der Waals surface area (Å²) in [4.78, 5) is 45.5. The number of phenols is 2. The first-order valence-corrected chi connectivity index (χ1v) is 44.9. The number of halogens is 6. The molecule has 139 heavy (non-hydrogen) atoms. The van der Waals surface area contributed by atoms with E-state index in [0.717, 1.165) is 108 Å². The molecular weight excluding hydrogens is 1790 g/mol. The summed E-state index contributed by atoms with van der Waals surface area (Å²) in [6.45, 7) is 19.0. The molecule has 32 nitrogen and oxygen atoms in total. The third-order valence-corrected chi connectivity index (χ3v) is 21.3. The summed E-state index contributed by atoms with van der Waals surface area (Å²) in [7, 11) is 13.7. The van der Waals surface area contributed by atoms with Crippen LogP contribution in [0.2, 0.25) is 0 Å². The Kier molecular flexibility index (Phi) is 32.7. The molecule has 0 spiro atoms. The Balaban J connectivity index is 0.000000158. The zero-order valence-corrected chi connectivity index (χ0v) is 80.6. The number of alkyl halides is 6. The highest BCUT2D eigenvalue weighted by atomic mass is 19.4. The lowest BCUT2D eigenvalue weighted by Gasteiger charge is -2.32. The van der Waals surface area contributed by atoms with Gasteiger partial charge in [-0.25, -0.2) is 19.9 Å². The van der Waals surface area contributed by atoms with Crippen LogP contribution in [0.1, 0.15) is 68.7 Å². The number of fused-ring (bicyclic) bond motifs is 4. The van der Waals surface area contributed by atoms with E-state index >= 15 is 0 Å². The van der Waals surface area contributed by atoms with Gasteiger partial charge in [-0.3, -0.25) is 38.7 Å².